The third kappa shape index (κ3) is 2.99. The highest BCUT2D eigenvalue weighted by Gasteiger charge is 2.52. The van der Waals surface area contributed by atoms with Crippen LogP contribution >= 0.6 is 0 Å². The lowest BCUT2D eigenvalue weighted by atomic mass is 9.59. The van der Waals surface area contributed by atoms with Crippen molar-refractivity contribution < 1.29 is 4.74 Å². The summed E-state index contributed by atoms with van der Waals surface area (Å²) in [5.41, 5.74) is 6.97. The molecule has 2 heteroatoms. The Morgan fingerprint density at radius 2 is 1.85 bits per heavy atom. The monoisotopic (exact) mass is 359 g/mol. The maximum absolute atomic E-state index is 5.63. The molecule has 0 bridgehead atoms. The standard InChI is InChI=1S/C25H29NO/c1-5-6-18-13-21(17-26-16-18)19-7-8-20-15-25(24(2,3)23(20)14-19)11-9-22(27-4)10-12-25/h7-8,13-14,16-17,22H,9-12,15H2,1-4H3/t22-,25-. The first kappa shape index (κ1) is 18.3. The molecule has 0 saturated heterocycles. The zero-order valence-electron chi connectivity index (χ0n) is 16.9. The first-order valence-electron chi connectivity index (χ1n) is 10.0. The average Bonchev–Trinajstić information content (AvgIpc) is 2.89. The number of nitrogens with zero attached hydrogens (tertiary/aromatic N) is 1. The Labute approximate surface area is 163 Å². The lowest BCUT2D eigenvalue weighted by Gasteiger charge is -2.46. The van der Waals surface area contributed by atoms with Crippen LogP contribution in [0.25, 0.3) is 11.1 Å². The van der Waals surface area contributed by atoms with Crippen LogP contribution in [0.5, 0.6) is 0 Å². The van der Waals surface area contributed by atoms with Gasteiger partial charge in [0.05, 0.1) is 6.10 Å². The molecular formula is C25H29NO. The maximum Gasteiger partial charge on any atom is 0.0571 e. The number of ether oxygens (including phenoxy) is 1. The predicted molar refractivity (Wildman–Crippen MR) is 111 cm³/mol. The Morgan fingerprint density at radius 1 is 1.07 bits per heavy atom. The van der Waals surface area contributed by atoms with Gasteiger partial charge in [0.15, 0.2) is 0 Å². The van der Waals surface area contributed by atoms with Crippen molar-refractivity contribution in [1.82, 2.24) is 4.98 Å². The van der Waals surface area contributed by atoms with Gasteiger partial charge in [-0.1, -0.05) is 38.0 Å². The van der Waals surface area contributed by atoms with Crippen molar-refractivity contribution >= 4 is 0 Å². The molecule has 1 aromatic carbocycles. The van der Waals surface area contributed by atoms with Crippen LogP contribution in [0.2, 0.25) is 0 Å². The highest BCUT2D eigenvalue weighted by atomic mass is 16.5. The predicted octanol–water partition coefficient (Wildman–Crippen LogP) is 5.53. The minimum Gasteiger partial charge on any atom is -0.381 e. The smallest absolute Gasteiger partial charge is 0.0571 e. The molecule has 0 atom stereocenters. The summed E-state index contributed by atoms with van der Waals surface area (Å²) in [4.78, 5) is 4.39. The van der Waals surface area contributed by atoms with E-state index in [-0.39, 0.29) is 5.41 Å². The zero-order valence-corrected chi connectivity index (χ0v) is 16.9. The van der Waals surface area contributed by atoms with Crippen LogP contribution < -0.4 is 0 Å². The molecule has 2 aliphatic rings. The van der Waals surface area contributed by atoms with Crippen LogP contribution in [0.3, 0.4) is 0 Å². The van der Waals surface area contributed by atoms with Crippen LogP contribution in [0.4, 0.5) is 0 Å². The first-order valence-corrected chi connectivity index (χ1v) is 10.0. The molecule has 0 amide bonds. The van der Waals surface area contributed by atoms with Crippen molar-refractivity contribution in [3.05, 3.63) is 53.3 Å². The molecule has 1 fully saturated rings. The molecule has 4 rings (SSSR count). The minimum atomic E-state index is 0.186. The van der Waals surface area contributed by atoms with Crippen molar-refractivity contribution in [3.63, 3.8) is 0 Å². The van der Waals surface area contributed by atoms with E-state index in [9.17, 15) is 0 Å². The van der Waals surface area contributed by atoms with Crippen molar-refractivity contribution in [2.24, 2.45) is 5.41 Å². The average molecular weight is 360 g/mol. The Bertz CT molecular complexity index is 907. The Kier molecular flexibility index (Phi) is 4.60. The van der Waals surface area contributed by atoms with E-state index in [1.807, 2.05) is 26.4 Å². The molecule has 0 aliphatic heterocycles. The summed E-state index contributed by atoms with van der Waals surface area (Å²) < 4.78 is 5.63. The van der Waals surface area contributed by atoms with Gasteiger partial charge in [-0.3, -0.25) is 4.98 Å². The number of aromatic nitrogens is 1. The summed E-state index contributed by atoms with van der Waals surface area (Å²) in [5, 5.41) is 0. The van der Waals surface area contributed by atoms with Gasteiger partial charge in [-0.05, 0) is 72.6 Å². The van der Waals surface area contributed by atoms with E-state index in [1.54, 1.807) is 0 Å². The van der Waals surface area contributed by atoms with E-state index >= 15 is 0 Å². The quantitative estimate of drug-likeness (QED) is 0.658. The van der Waals surface area contributed by atoms with E-state index in [4.69, 9.17) is 4.74 Å². The molecule has 1 saturated carbocycles. The fourth-order valence-corrected chi connectivity index (χ4v) is 5.36. The van der Waals surface area contributed by atoms with E-state index in [2.05, 4.69) is 54.9 Å². The van der Waals surface area contributed by atoms with E-state index in [0.717, 1.165) is 11.1 Å². The molecule has 2 nitrogen and oxygen atoms in total. The number of hydrogen-bond donors (Lipinski definition) is 0. The molecule has 0 N–H and O–H groups in total. The van der Waals surface area contributed by atoms with E-state index < -0.39 is 0 Å². The number of methoxy groups -OCH3 is 1. The van der Waals surface area contributed by atoms with E-state index in [0.29, 0.717) is 11.5 Å². The minimum absolute atomic E-state index is 0.186. The first-order chi connectivity index (χ1) is 13.0. The molecular weight excluding hydrogens is 330 g/mol. The van der Waals surface area contributed by atoms with Crippen LogP contribution in [-0.4, -0.2) is 18.2 Å². The van der Waals surface area contributed by atoms with Gasteiger partial charge in [-0.25, -0.2) is 0 Å². The third-order valence-corrected chi connectivity index (χ3v) is 7.20. The Balaban J connectivity index is 1.69. The van der Waals surface area contributed by atoms with Crippen molar-refractivity contribution in [3.8, 4) is 23.0 Å². The SMILES string of the molecule is CC#Cc1cncc(-c2ccc3c(c2)C(C)(C)[C@]2(CC[C@H](OC)CC2)C3)c1. The molecule has 1 heterocycles. The zero-order chi connectivity index (χ0) is 19.1. The summed E-state index contributed by atoms with van der Waals surface area (Å²) in [5.74, 6) is 6.08. The lowest BCUT2D eigenvalue weighted by molar-refractivity contribution is 0.00355. The molecule has 140 valence electrons. The Morgan fingerprint density at radius 3 is 2.56 bits per heavy atom. The van der Waals surface area contributed by atoms with Crippen molar-refractivity contribution in [1.29, 1.82) is 0 Å². The molecule has 0 radical (unpaired) electrons. The number of hydrogen-bond acceptors (Lipinski definition) is 2. The topological polar surface area (TPSA) is 22.1 Å². The Hall–Kier alpha value is -2.11. The molecule has 0 unspecified atom stereocenters. The second-order valence-corrected chi connectivity index (χ2v) is 8.73. The second-order valence-electron chi connectivity index (χ2n) is 8.73. The van der Waals surface area contributed by atoms with Crippen LogP contribution in [0, 0.1) is 17.3 Å². The fraction of sp³-hybridized carbons (Fsp3) is 0.480. The number of rotatable bonds is 2. The van der Waals surface area contributed by atoms with Gasteiger partial charge in [-0.15, -0.1) is 5.92 Å². The largest absolute Gasteiger partial charge is 0.381 e. The van der Waals surface area contributed by atoms with Gasteiger partial charge in [-0.2, -0.15) is 0 Å². The molecule has 2 aromatic rings. The highest BCUT2D eigenvalue weighted by molar-refractivity contribution is 5.67. The van der Waals surface area contributed by atoms with Crippen LogP contribution in [0.15, 0.2) is 36.7 Å². The van der Waals surface area contributed by atoms with Gasteiger partial charge in [0.25, 0.3) is 0 Å². The van der Waals surface area contributed by atoms with Crippen LogP contribution in [0.1, 0.15) is 63.1 Å². The number of pyridine rings is 1. The summed E-state index contributed by atoms with van der Waals surface area (Å²) in [6.45, 7) is 6.77. The summed E-state index contributed by atoms with van der Waals surface area (Å²) in [6.07, 6.45) is 10.3. The molecule has 1 aromatic heterocycles. The van der Waals surface area contributed by atoms with Gasteiger partial charge in [0.1, 0.15) is 0 Å². The summed E-state index contributed by atoms with van der Waals surface area (Å²) in [7, 11) is 1.86. The van der Waals surface area contributed by atoms with Crippen LogP contribution in [-0.2, 0) is 16.6 Å². The van der Waals surface area contributed by atoms with Gasteiger partial charge < -0.3 is 4.74 Å². The second kappa shape index (κ2) is 6.80. The van der Waals surface area contributed by atoms with Crippen molar-refractivity contribution in [2.75, 3.05) is 7.11 Å². The van der Waals surface area contributed by atoms with Gasteiger partial charge >= 0.3 is 0 Å². The number of fused-ring (bicyclic) bond motifs is 1. The summed E-state index contributed by atoms with van der Waals surface area (Å²) >= 11 is 0. The van der Waals surface area contributed by atoms with Gasteiger partial charge in [0, 0.05) is 30.6 Å². The summed E-state index contributed by atoms with van der Waals surface area (Å²) in [6, 6.07) is 9.16. The van der Waals surface area contributed by atoms with Crippen molar-refractivity contribution in [2.45, 2.75) is 64.4 Å². The highest BCUT2D eigenvalue weighted by Crippen LogP contribution is 2.59. The normalized spacial score (nSPS) is 25.7. The number of benzene rings is 1. The lowest BCUT2D eigenvalue weighted by Crippen LogP contribution is -2.42. The van der Waals surface area contributed by atoms with Gasteiger partial charge in [0.2, 0.25) is 0 Å². The molecule has 2 aliphatic carbocycles. The fourth-order valence-electron chi connectivity index (χ4n) is 5.36. The third-order valence-electron chi connectivity index (χ3n) is 7.20. The van der Waals surface area contributed by atoms with E-state index in [1.165, 1.54) is 48.8 Å². The molecule has 27 heavy (non-hydrogen) atoms. The maximum atomic E-state index is 5.63. The molecule has 1 spiro atoms.